The normalized spacial score (nSPS) is 28.3. The van der Waals surface area contributed by atoms with Crippen molar-refractivity contribution in [2.24, 2.45) is 5.41 Å². The summed E-state index contributed by atoms with van der Waals surface area (Å²) in [6, 6.07) is 0. The molecule has 1 saturated heterocycles. The van der Waals surface area contributed by atoms with Crippen molar-refractivity contribution in [1.82, 2.24) is 5.32 Å². The van der Waals surface area contributed by atoms with Gasteiger partial charge < -0.3 is 10.4 Å². The van der Waals surface area contributed by atoms with Crippen LogP contribution in [-0.2, 0) is 0 Å². The SMILES string of the molecule is CC(C)(CO)CNCC1(C)CCCS1. The molecule has 0 radical (unpaired) electrons. The highest BCUT2D eigenvalue weighted by Gasteiger charge is 2.29. The van der Waals surface area contributed by atoms with E-state index in [1.54, 1.807) is 0 Å². The average Bonchev–Trinajstić information content (AvgIpc) is 2.52. The first kappa shape index (κ1) is 12.3. The minimum atomic E-state index is 0.0135. The van der Waals surface area contributed by atoms with Gasteiger partial charge in [0.25, 0.3) is 0 Å². The maximum atomic E-state index is 9.10. The molecular weight excluding hydrogens is 194 g/mol. The summed E-state index contributed by atoms with van der Waals surface area (Å²) in [6.45, 7) is 8.74. The topological polar surface area (TPSA) is 32.3 Å². The number of hydrogen-bond donors (Lipinski definition) is 2. The van der Waals surface area contributed by atoms with Crippen LogP contribution in [0.2, 0.25) is 0 Å². The fourth-order valence-corrected chi connectivity index (χ4v) is 2.97. The van der Waals surface area contributed by atoms with Gasteiger partial charge in [0.15, 0.2) is 0 Å². The fourth-order valence-electron chi connectivity index (χ4n) is 1.70. The van der Waals surface area contributed by atoms with Crippen molar-refractivity contribution in [3.63, 3.8) is 0 Å². The van der Waals surface area contributed by atoms with Crippen LogP contribution in [0.25, 0.3) is 0 Å². The highest BCUT2D eigenvalue weighted by Crippen LogP contribution is 2.37. The van der Waals surface area contributed by atoms with E-state index >= 15 is 0 Å². The number of thioether (sulfide) groups is 1. The van der Waals surface area contributed by atoms with E-state index in [0.29, 0.717) is 4.75 Å². The summed E-state index contributed by atoms with van der Waals surface area (Å²) in [5.41, 5.74) is 0.0135. The van der Waals surface area contributed by atoms with Gasteiger partial charge in [-0.1, -0.05) is 13.8 Å². The third-order valence-electron chi connectivity index (χ3n) is 2.83. The molecule has 1 atom stereocenters. The first-order valence-electron chi connectivity index (χ1n) is 5.43. The van der Waals surface area contributed by atoms with Crippen LogP contribution in [0.4, 0.5) is 0 Å². The van der Waals surface area contributed by atoms with Gasteiger partial charge in [0.2, 0.25) is 0 Å². The molecule has 0 bridgehead atoms. The minimum absolute atomic E-state index is 0.0135. The highest BCUT2D eigenvalue weighted by molar-refractivity contribution is 8.00. The Kier molecular flexibility index (Phi) is 4.29. The molecule has 1 aliphatic rings. The van der Waals surface area contributed by atoms with E-state index in [1.807, 2.05) is 0 Å². The third kappa shape index (κ3) is 3.79. The predicted molar refractivity (Wildman–Crippen MR) is 63.8 cm³/mol. The maximum Gasteiger partial charge on any atom is 0.0494 e. The molecule has 0 saturated carbocycles. The average molecular weight is 217 g/mol. The van der Waals surface area contributed by atoms with E-state index in [1.165, 1.54) is 18.6 Å². The maximum absolute atomic E-state index is 9.10. The molecule has 14 heavy (non-hydrogen) atoms. The van der Waals surface area contributed by atoms with Crippen molar-refractivity contribution in [1.29, 1.82) is 0 Å². The molecule has 2 nitrogen and oxygen atoms in total. The number of nitrogens with one attached hydrogen (secondary N) is 1. The zero-order valence-corrected chi connectivity index (χ0v) is 10.4. The van der Waals surface area contributed by atoms with Gasteiger partial charge in [0.1, 0.15) is 0 Å². The molecule has 1 rings (SSSR count). The number of hydrogen-bond acceptors (Lipinski definition) is 3. The monoisotopic (exact) mass is 217 g/mol. The Morgan fingerprint density at radius 3 is 2.71 bits per heavy atom. The van der Waals surface area contributed by atoms with Crippen LogP contribution in [0, 0.1) is 5.41 Å². The molecule has 2 N–H and O–H groups in total. The van der Waals surface area contributed by atoms with Crippen molar-refractivity contribution in [2.45, 2.75) is 38.4 Å². The molecule has 0 aromatic rings. The molecule has 1 heterocycles. The van der Waals surface area contributed by atoms with Crippen LogP contribution in [-0.4, -0.2) is 35.3 Å². The number of rotatable bonds is 5. The van der Waals surface area contributed by atoms with Crippen molar-refractivity contribution < 1.29 is 5.11 Å². The van der Waals surface area contributed by atoms with Crippen LogP contribution in [0.3, 0.4) is 0 Å². The summed E-state index contributed by atoms with van der Waals surface area (Å²) < 4.78 is 0.436. The second kappa shape index (κ2) is 4.86. The largest absolute Gasteiger partial charge is 0.396 e. The van der Waals surface area contributed by atoms with Crippen LogP contribution >= 0.6 is 11.8 Å². The van der Waals surface area contributed by atoms with Gasteiger partial charge >= 0.3 is 0 Å². The second-order valence-corrected chi connectivity index (χ2v) is 7.01. The van der Waals surface area contributed by atoms with E-state index in [-0.39, 0.29) is 12.0 Å². The fraction of sp³-hybridized carbons (Fsp3) is 1.00. The smallest absolute Gasteiger partial charge is 0.0494 e. The molecule has 0 aromatic heterocycles. The zero-order chi connectivity index (χ0) is 10.7. The lowest BCUT2D eigenvalue weighted by atomic mass is 9.94. The molecule has 3 heteroatoms. The summed E-state index contributed by atoms with van der Waals surface area (Å²) in [7, 11) is 0. The standard InChI is InChI=1S/C11H23NOS/c1-10(2,9-13)7-12-8-11(3)5-4-6-14-11/h12-13H,4-9H2,1-3H3. The van der Waals surface area contributed by atoms with Crippen LogP contribution < -0.4 is 5.32 Å². The van der Waals surface area contributed by atoms with E-state index in [9.17, 15) is 0 Å². The number of aliphatic hydroxyl groups excluding tert-OH is 1. The van der Waals surface area contributed by atoms with Crippen LogP contribution in [0.5, 0.6) is 0 Å². The zero-order valence-electron chi connectivity index (χ0n) is 9.60. The summed E-state index contributed by atoms with van der Waals surface area (Å²) >= 11 is 2.08. The molecule has 0 spiro atoms. The molecule has 1 fully saturated rings. The lowest BCUT2D eigenvalue weighted by Crippen LogP contribution is -2.39. The Morgan fingerprint density at radius 1 is 1.50 bits per heavy atom. The van der Waals surface area contributed by atoms with Crippen LogP contribution in [0.1, 0.15) is 33.6 Å². The van der Waals surface area contributed by atoms with Gasteiger partial charge in [-0.3, -0.25) is 0 Å². The highest BCUT2D eigenvalue weighted by atomic mass is 32.2. The number of aliphatic hydroxyl groups is 1. The van der Waals surface area contributed by atoms with Gasteiger partial charge in [-0.2, -0.15) is 11.8 Å². The molecule has 0 aliphatic carbocycles. The van der Waals surface area contributed by atoms with Crippen molar-refractivity contribution >= 4 is 11.8 Å². The van der Waals surface area contributed by atoms with E-state index in [4.69, 9.17) is 5.11 Å². The minimum Gasteiger partial charge on any atom is -0.396 e. The Hall–Kier alpha value is 0.270. The molecule has 0 aromatic carbocycles. The molecular formula is C11H23NOS. The Balaban J connectivity index is 2.20. The van der Waals surface area contributed by atoms with E-state index in [2.05, 4.69) is 37.8 Å². The molecule has 1 aliphatic heterocycles. The van der Waals surface area contributed by atoms with Gasteiger partial charge in [-0.05, 0) is 25.5 Å². The lowest BCUT2D eigenvalue weighted by Gasteiger charge is -2.27. The van der Waals surface area contributed by atoms with Crippen molar-refractivity contribution in [2.75, 3.05) is 25.4 Å². The first-order chi connectivity index (χ1) is 6.47. The molecule has 1 unspecified atom stereocenters. The van der Waals surface area contributed by atoms with E-state index < -0.39 is 0 Å². The Labute approximate surface area is 91.9 Å². The summed E-state index contributed by atoms with van der Waals surface area (Å²) in [4.78, 5) is 0. The summed E-state index contributed by atoms with van der Waals surface area (Å²) in [5, 5.41) is 12.6. The summed E-state index contributed by atoms with van der Waals surface area (Å²) in [5.74, 6) is 1.31. The Morgan fingerprint density at radius 2 is 2.21 bits per heavy atom. The quantitative estimate of drug-likeness (QED) is 0.737. The van der Waals surface area contributed by atoms with Crippen molar-refractivity contribution in [3.8, 4) is 0 Å². The molecule has 0 amide bonds. The van der Waals surface area contributed by atoms with Gasteiger partial charge in [0.05, 0.1) is 0 Å². The Bertz CT molecular complexity index is 176. The summed E-state index contributed by atoms with van der Waals surface area (Å²) in [6.07, 6.45) is 2.68. The third-order valence-corrected chi connectivity index (χ3v) is 4.37. The first-order valence-corrected chi connectivity index (χ1v) is 6.42. The van der Waals surface area contributed by atoms with Gasteiger partial charge in [0, 0.05) is 29.9 Å². The van der Waals surface area contributed by atoms with Gasteiger partial charge in [-0.15, -0.1) is 0 Å². The molecule has 84 valence electrons. The van der Waals surface area contributed by atoms with Crippen molar-refractivity contribution in [3.05, 3.63) is 0 Å². The lowest BCUT2D eigenvalue weighted by molar-refractivity contribution is 0.156. The van der Waals surface area contributed by atoms with E-state index in [0.717, 1.165) is 13.1 Å². The predicted octanol–water partition coefficient (Wildman–Crippen LogP) is 1.88. The van der Waals surface area contributed by atoms with Gasteiger partial charge in [-0.25, -0.2) is 0 Å². The second-order valence-electron chi connectivity index (χ2n) is 5.33. The van der Waals surface area contributed by atoms with Crippen LogP contribution in [0.15, 0.2) is 0 Å².